The van der Waals surface area contributed by atoms with Gasteiger partial charge in [-0.15, -0.1) is 0 Å². The molecule has 21 heavy (non-hydrogen) atoms. The number of sulfonamides is 1. The molecule has 0 N–H and O–H groups in total. The molecule has 2 fully saturated rings. The summed E-state index contributed by atoms with van der Waals surface area (Å²) in [7, 11) is -0.0424. The summed E-state index contributed by atoms with van der Waals surface area (Å²) in [6.45, 7) is 2.39. The van der Waals surface area contributed by atoms with Crippen molar-refractivity contribution in [3.63, 3.8) is 0 Å². The summed E-state index contributed by atoms with van der Waals surface area (Å²) < 4.78 is 34.1. The molecule has 0 saturated carbocycles. The van der Waals surface area contributed by atoms with Crippen LogP contribution in [0.2, 0.25) is 5.02 Å². The summed E-state index contributed by atoms with van der Waals surface area (Å²) in [5.74, 6) is 0. The predicted molar refractivity (Wildman–Crippen MR) is 77.8 cm³/mol. The van der Waals surface area contributed by atoms with Crippen molar-refractivity contribution in [1.82, 2.24) is 19.0 Å². The highest BCUT2D eigenvalue weighted by Gasteiger charge is 2.41. The highest BCUT2D eigenvalue weighted by molar-refractivity contribution is 7.89. The number of hydrogen-bond donors (Lipinski definition) is 0. The van der Waals surface area contributed by atoms with Gasteiger partial charge in [0.2, 0.25) is 0 Å². The van der Waals surface area contributed by atoms with Crippen molar-refractivity contribution < 1.29 is 13.2 Å². The van der Waals surface area contributed by atoms with Gasteiger partial charge in [0.15, 0.2) is 5.03 Å². The molecular formula is C12H19ClN4O3S. The maximum absolute atomic E-state index is 12.8. The second-order valence-electron chi connectivity index (χ2n) is 5.53. The number of ether oxygens (including phenoxy) is 1. The van der Waals surface area contributed by atoms with Gasteiger partial charge >= 0.3 is 0 Å². The number of piperidine rings is 1. The Morgan fingerprint density at radius 3 is 2.81 bits per heavy atom. The van der Waals surface area contributed by atoms with Crippen molar-refractivity contribution >= 4 is 21.6 Å². The van der Waals surface area contributed by atoms with Crippen LogP contribution in [0.1, 0.15) is 6.42 Å². The lowest BCUT2D eigenvalue weighted by molar-refractivity contribution is -0.0840. The summed E-state index contributed by atoms with van der Waals surface area (Å²) >= 11 is 5.99. The van der Waals surface area contributed by atoms with Crippen molar-refractivity contribution in [2.24, 2.45) is 7.05 Å². The van der Waals surface area contributed by atoms with Gasteiger partial charge in [-0.05, 0) is 13.5 Å². The van der Waals surface area contributed by atoms with E-state index in [1.165, 1.54) is 15.2 Å². The molecule has 0 radical (unpaired) electrons. The highest BCUT2D eigenvalue weighted by Crippen LogP contribution is 2.29. The minimum Gasteiger partial charge on any atom is -0.375 e. The standard InChI is InChI=1S/C12H19ClN4O3S/c1-15-5-6-20-11-3-4-17(8-10(11)15)21(18,19)12-9(13)7-14-16(12)2/h7,10-11H,3-6,8H2,1-2H3/t10-,11-/m1/s1. The maximum Gasteiger partial charge on any atom is 0.261 e. The zero-order valence-electron chi connectivity index (χ0n) is 12.1. The Kier molecular flexibility index (Phi) is 4.00. The molecule has 2 aliphatic rings. The second-order valence-corrected chi connectivity index (χ2v) is 7.79. The molecule has 1 aromatic heterocycles. The van der Waals surface area contributed by atoms with E-state index in [1.807, 2.05) is 7.05 Å². The Hall–Kier alpha value is -0.670. The summed E-state index contributed by atoms with van der Waals surface area (Å²) in [5.41, 5.74) is 0. The van der Waals surface area contributed by atoms with E-state index in [4.69, 9.17) is 16.3 Å². The summed E-state index contributed by atoms with van der Waals surface area (Å²) in [4.78, 5) is 2.17. The van der Waals surface area contributed by atoms with Gasteiger partial charge < -0.3 is 4.74 Å². The van der Waals surface area contributed by atoms with Crippen molar-refractivity contribution in [1.29, 1.82) is 0 Å². The van der Waals surface area contributed by atoms with Crippen LogP contribution >= 0.6 is 11.6 Å². The molecule has 7 nitrogen and oxygen atoms in total. The fourth-order valence-corrected chi connectivity index (χ4v) is 5.12. The molecule has 2 atom stereocenters. The van der Waals surface area contributed by atoms with Gasteiger partial charge in [0, 0.05) is 32.7 Å². The van der Waals surface area contributed by atoms with Crippen LogP contribution in [-0.4, -0.2) is 72.8 Å². The van der Waals surface area contributed by atoms with Gasteiger partial charge in [0.05, 0.1) is 23.9 Å². The average Bonchev–Trinajstić information content (AvgIpc) is 2.79. The smallest absolute Gasteiger partial charge is 0.261 e. The van der Waals surface area contributed by atoms with Gasteiger partial charge in [-0.2, -0.15) is 9.40 Å². The fraction of sp³-hybridized carbons (Fsp3) is 0.750. The number of aromatic nitrogens is 2. The van der Waals surface area contributed by atoms with Crippen molar-refractivity contribution in [3.05, 3.63) is 11.2 Å². The first-order valence-electron chi connectivity index (χ1n) is 6.91. The third kappa shape index (κ3) is 2.59. The van der Waals surface area contributed by atoms with Crippen LogP contribution < -0.4 is 0 Å². The Morgan fingerprint density at radius 2 is 2.14 bits per heavy atom. The van der Waals surface area contributed by atoms with Crippen molar-refractivity contribution in [3.8, 4) is 0 Å². The average molecular weight is 335 g/mol. The lowest BCUT2D eigenvalue weighted by atomic mass is 10.0. The number of rotatable bonds is 2. The van der Waals surface area contributed by atoms with E-state index >= 15 is 0 Å². The molecule has 9 heteroatoms. The largest absolute Gasteiger partial charge is 0.375 e. The molecular weight excluding hydrogens is 316 g/mol. The topological polar surface area (TPSA) is 67.7 Å². The Bertz CT molecular complexity index is 613. The predicted octanol–water partition coefficient (Wildman–Crippen LogP) is 0.167. The first kappa shape index (κ1) is 15.2. The van der Waals surface area contributed by atoms with E-state index in [-0.39, 0.29) is 22.2 Å². The summed E-state index contributed by atoms with van der Waals surface area (Å²) in [5, 5.41) is 4.13. The van der Waals surface area contributed by atoms with E-state index in [0.717, 1.165) is 6.54 Å². The van der Waals surface area contributed by atoms with Crippen LogP contribution in [0.15, 0.2) is 11.2 Å². The maximum atomic E-state index is 12.8. The molecule has 1 aromatic rings. The van der Waals surface area contributed by atoms with Crippen LogP contribution in [0.5, 0.6) is 0 Å². The van der Waals surface area contributed by atoms with Gasteiger partial charge in [0.1, 0.15) is 0 Å². The van der Waals surface area contributed by atoms with Crippen LogP contribution in [0.25, 0.3) is 0 Å². The monoisotopic (exact) mass is 334 g/mol. The third-order valence-electron chi connectivity index (χ3n) is 4.25. The van der Waals surface area contributed by atoms with Gasteiger partial charge in [-0.3, -0.25) is 9.58 Å². The molecule has 0 unspecified atom stereocenters. The lowest BCUT2D eigenvalue weighted by Gasteiger charge is -2.45. The number of hydrogen-bond acceptors (Lipinski definition) is 5. The van der Waals surface area contributed by atoms with E-state index in [0.29, 0.717) is 26.1 Å². The van der Waals surface area contributed by atoms with E-state index in [9.17, 15) is 8.42 Å². The molecule has 118 valence electrons. The lowest BCUT2D eigenvalue weighted by Crippen LogP contribution is -2.59. The molecule has 0 amide bonds. The highest BCUT2D eigenvalue weighted by atomic mass is 35.5. The van der Waals surface area contributed by atoms with E-state index in [1.54, 1.807) is 7.05 Å². The minimum absolute atomic E-state index is 0.0574. The summed E-state index contributed by atoms with van der Waals surface area (Å²) in [6.07, 6.45) is 2.16. The van der Waals surface area contributed by atoms with Crippen LogP contribution in [0, 0.1) is 0 Å². The molecule has 0 spiro atoms. The van der Waals surface area contributed by atoms with E-state index < -0.39 is 10.0 Å². The van der Waals surface area contributed by atoms with Crippen molar-refractivity contribution in [2.45, 2.75) is 23.6 Å². The molecule has 0 aromatic carbocycles. The minimum atomic E-state index is -3.63. The van der Waals surface area contributed by atoms with Crippen LogP contribution in [0.3, 0.4) is 0 Å². The van der Waals surface area contributed by atoms with Crippen LogP contribution in [-0.2, 0) is 21.8 Å². The first-order valence-corrected chi connectivity index (χ1v) is 8.72. The third-order valence-corrected chi connectivity index (χ3v) is 6.62. The van der Waals surface area contributed by atoms with E-state index in [2.05, 4.69) is 10.00 Å². The first-order chi connectivity index (χ1) is 9.91. The SMILES string of the molecule is CN1CCO[C@@H]2CCN(S(=O)(=O)c3c(Cl)cnn3C)C[C@H]21. The second kappa shape index (κ2) is 5.51. The Balaban J connectivity index is 1.87. The fourth-order valence-electron chi connectivity index (χ4n) is 3.04. The number of aryl methyl sites for hydroxylation is 1. The zero-order chi connectivity index (χ0) is 15.2. The normalized spacial score (nSPS) is 28.5. The number of fused-ring (bicyclic) bond motifs is 1. The zero-order valence-corrected chi connectivity index (χ0v) is 13.6. The number of halogens is 1. The molecule has 3 rings (SSSR count). The number of morpholine rings is 1. The summed E-state index contributed by atoms with van der Waals surface area (Å²) in [6, 6.07) is 0.0919. The number of likely N-dealkylation sites (N-methyl/N-ethyl adjacent to an activating group) is 1. The van der Waals surface area contributed by atoms with Gasteiger partial charge in [-0.25, -0.2) is 8.42 Å². The van der Waals surface area contributed by atoms with Crippen molar-refractivity contribution in [2.75, 3.05) is 33.3 Å². The number of nitrogens with zero attached hydrogens (tertiary/aromatic N) is 4. The van der Waals surface area contributed by atoms with Gasteiger partial charge in [-0.1, -0.05) is 11.6 Å². The van der Waals surface area contributed by atoms with Crippen LogP contribution in [0.4, 0.5) is 0 Å². The molecule has 2 saturated heterocycles. The quantitative estimate of drug-likeness (QED) is 0.771. The Morgan fingerprint density at radius 1 is 1.38 bits per heavy atom. The Labute approximate surface area is 129 Å². The molecule has 0 aliphatic carbocycles. The molecule has 2 aliphatic heterocycles. The molecule has 3 heterocycles. The van der Waals surface area contributed by atoms with Gasteiger partial charge in [0.25, 0.3) is 10.0 Å². The molecule has 0 bridgehead atoms.